The summed E-state index contributed by atoms with van der Waals surface area (Å²) in [5.74, 6) is -1.79. The second-order valence-electron chi connectivity index (χ2n) is 8.28. The molecule has 2 aromatic rings. The van der Waals surface area contributed by atoms with Crippen LogP contribution in [0.15, 0.2) is 29.1 Å². The van der Waals surface area contributed by atoms with E-state index in [0.29, 0.717) is 17.2 Å². The van der Waals surface area contributed by atoms with Crippen LogP contribution in [0.3, 0.4) is 0 Å². The quantitative estimate of drug-likeness (QED) is 0.592. The molecule has 174 valence electrons. The fourth-order valence-corrected chi connectivity index (χ4v) is 4.27. The number of aromatic amines is 1. The summed E-state index contributed by atoms with van der Waals surface area (Å²) in [6.45, 7) is 4.82. The molecule has 0 aliphatic carbocycles. The molecule has 3 N–H and O–H groups in total. The van der Waals surface area contributed by atoms with Crippen molar-refractivity contribution in [2.75, 3.05) is 28.7 Å². The van der Waals surface area contributed by atoms with Crippen molar-refractivity contribution in [3.05, 3.63) is 45.7 Å². The van der Waals surface area contributed by atoms with Crippen LogP contribution in [0.4, 0.5) is 17.5 Å². The van der Waals surface area contributed by atoms with Crippen molar-refractivity contribution >= 4 is 35.2 Å². The van der Waals surface area contributed by atoms with Crippen LogP contribution in [-0.4, -0.2) is 46.9 Å². The highest BCUT2D eigenvalue weighted by atomic mass is 16.5. The number of aromatic nitrogens is 2. The summed E-state index contributed by atoms with van der Waals surface area (Å²) in [4.78, 5) is 59.4. The van der Waals surface area contributed by atoms with Gasteiger partial charge in [0.1, 0.15) is 5.82 Å². The molecular weight excluding hydrogens is 426 g/mol. The summed E-state index contributed by atoms with van der Waals surface area (Å²) in [6, 6.07) is 6.43. The van der Waals surface area contributed by atoms with E-state index in [-0.39, 0.29) is 36.4 Å². The Kier molecular flexibility index (Phi) is 6.43. The molecular formula is C23H27N5O5. The normalized spacial score (nSPS) is 19.9. The molecule has 10 heteroatoms. The molecule has 1 saturated heterocycles. The average Bonchev–Trinajstić information content (AvgIpc) is 2.79. The van der Waals surface area contributed by atoms with Crippen LogP contribution in [0.5, 0.6) is 0 Å². The molecule has 3 heterocycles. The average molecular weight is 453 g/mol. The number of rotatable bonds is 5. The van der Waals surface area contributed by atoms with Crippen molar-refractivity contribution in [2.24, 2.45) is 0 Å². The van der Waals surface area contributed by atoms with Gasteiger partial charge in [0.25, 0.3) is 5.56 Å². The van der Waals surface area contributed by atoms with Gasteiger partial charge in [-0.25, -0.2) is 4.79 Å². The molecule has 1 fully saturated rings. The number of nitrogens with zero attached hydrogens (tertiary/aromatic N) is 2. The summed E-state index contributed by atoms with van der Waals surface area (Å²) < 4.78 is 4.95. The Morgan fingerprint density at radius 3 is 2.67 bits per heavy atom. The smallest absolute Gasteiger partial charge is 0.338 e. The van der Waals surface area contributed by atoms with E-state index in [9.17, 15) is 19.2 Å². The minimum absolute atomic E-state index is 0.126. The highest BCUT2D eigenvalue weighted by Gasteiger charge is 2.35. The van der Waals surface area contributed by atoms with Gasteiger partial charge in [-0.05, 0) is 57.4 Å². The molecule has 2 amide bonds. The lowest BCUT2D eigenvalue weighted by molar-refractivity contribution is -0.123. The molecule has 0 radical (unpaired) electrons. The third-order valence-electron chi connectivity index (χ3n) is 5.99. The molecule has 10 nitrogen and oxygen atoms in total. The molecule has 33 heavy (non-hydrogen) atoms. The number of carbonyl (C=O) groups excluding carboxylic acids is 3. The molecule has 4 rings (SSSR count). The monoisotopic (exact) mass is 453 g/mol. The topological polar surface area (TPSA) is 133 Å². The third kappa shape index (κ3) is 4.74. The number of fused-ring (bicyclic) bond motifs is 1. The summed E-state index contributed by atoms with van der Waals surface area (Å²) in [5, 5.41) is 5.37. The van der Waals surface area contributed by atoms with E-state index in [1.807, 2.05) is 4.90 Å². The van der Waals surface area contributed by atoms with Gasteiger partial charge in [0.05, 0.1) is 23.7 Å². The van der Waals surface area contributed by atoms with Crippen molar-refractivity contribution in [1.29, 1.82) is 0 Å². The maximum Gasteiger partial charge on any atom is 0.338 e. The van der Waals surface area contributed by atoms with Crippen molar-refractivity contribution in [3.63, 3.8) is 0 Å². The van der Waals surface area contributed by atoms with Gasteiger partial charge in [-0.2, -0.15) is 4.98 Å². The number of hydrogen-bond donors (Lipinski definition) is 3. The predicted octanol–water partition coefficient (Wildman–Crippen LogP) is 2.39. The molecule has 0 bridgehead atoms. The zero-order chi connectivity index (χ0) is 23.5. The van der Waals surface area contributed by atoms with Gasteiger partial charge >= 0.3 is 5.97 Å². The van der Waals surface area contributed by atoms with Crippen LogP contribution < -0.4 is 21.1 Å². The Morgan fingerprint density at radius 2 is 1.97 bits per heavy atom. The number of hydrogen-bond acceptors (Lipinski definition) is 7. The Hall–Kier alpha value is -3.69. The van der Waals surface area contributed by atoms with Crippen molar-refractivity contribution in [3.8, 4) is 0 Å². The van der Waals surface area contributed by atoms with Crippen molar-refractivity contribution in [2.45, 2.75) is 51.5 Å². The van der Waals surface area contributed by atoms with E-state index in [0.717, 1.165) is 25.8 Å². The summed E-state index contributed by atoms with van der Waals surface area (Å²) >= 11 is 0. The lowest BCUT2D eigenvalue weighted by atomic mass is 9.92. The molecule has 2 aliphatic heterocycles. The zero-order valence-corrected chi connectivity index (χ0v) is 18.6. The fraction of sp³-hybridized carbons (Fsp3) is 0.435. The first kappa shape index (κ1) is 22.5. The maximum absolute atomic E-state index is 13.0. The second kappa shape index (κ2) is 9.43. The first-order valence-electron chi connectivity index (χ1n) is 11.2. The highest BCUT2D eigenvalue weighted by Crippen LogP contribution is 2.31. The Morgan fingerprint density at radius 1 is 1.21 bits per heavy atom. The predicted molar refractivity (Wildman–Crippen MR) is 123 cm³/mol. The Labute approximate surface area is 190 Å². The molecule has 2 unspecified atom stereocenters. The number of H-pyrrole nitrogens is 1. The number of amides is 2. The van der Waals surface area contributed by atoms with Gasteiger partial charge in [0.15, 0.2) is 0 Å². The number of benzene rings is 1. The first-order chi connectivity index (χ1) is 15.9. The number of nitrogens with one attached hydrogen (secondary N) is 3. The van der Waals surface area contributed by atoms with Crippen LogP contribution in [0.25, 0.3) is 0 Å². The maximum atomic E-state index is 13.0. The van der Waals surface area contributed by atoms with Gasteiger partial charge < -0.3 is 20.3 Å². The second-order valence-corrected chi connectivity index (χ2v) is 8.28. The van der Waals surface area contributed by atoms with Crippen molar-refractivity contribution in [1.82, 2.24) is 9.97 Å². The van der Waals surface area contributed by atoms with E-state index in [1.54, 1.807) is 19.1 Å². The zero-order valence-electron chi connectivity index (χ0n) is 18.6. The summed E-state index contributed by atoms with van der Waals surface area (Å²) in [6.07, 6.45) is 2.95. The van der Waals surface area contributed by atoms with Crippen LogP contribution in [0, 0.1) is 0 Å². The number of piperidine rings is 1. The molecule has 2 atom stereocenters. The third-order valence-corrected chi connectivity index (χ3v) is 5.99. The summed E-state index contributed by atoms with van der Waals surface area (Å²) in [5.41, 5.74) is 0.496. The van der Waals surface area contributed by atoms with Gasteiger partial charge in [0.2, 0.25) is 17.8 Å². The number of ether oxygens (including phenoxy) is 1. The highest BCUT2D eigenvalue weighted by molar-refractivity contribution is 6.04. The molecule has 1 aromatic carbocycles. The SMILES string of the molecule is CCOC(=O)c1ccc(NC(=O)C2CC(=O)Nc3nc(N4CCCCC4C)[nH]c(=O)c32)cc1. The van der Waals surface area contributed by atoms with Gasteiger partial charge in [-0.3, -0.25) is 19.4 Å². The lowest BCUT2D eigenvalue weighted by Crippen LogP contribution is -2.41. The van der Waals surface area contributed by atoms with Gasteiger partial charge in [-0.15, -0.1) is 0 Å². The minimum atomic E-state index is -0.984. The lowest BCUT2D eigenvalue weighted by Gasteiger charge is -2.34. The Balaban J connectivity index is 1.57. The van der Waals surface area contributed by atoms with Crippen LogP contribution in [-0.2, 0) is 14.3 Å². The number of anilines is 3. The molecule has 2 aliphatic rings. The largest absolute Gasteiger partial charge is 0.462 e. The minimum Gasteiger partial charge on any atom is -0.462 e. The molecule has 0 spiro atoms. The van der Waals surface area contributed by atoms with E-state index in [4.69, 9.17) is 4.74 Å². The number of carbonyl (C=O) groups is 3. The standard InChI is InChI=1S/C23H27N5O5/c1-3-33-22(32)14-7-9-15(10-8-14)24-20(30)16-12-17(29)25-19-18(16)21(31)27-23(26-19)28-11-5-4-6-13(28)2/h7-10,13,16H,3-6,11-12H2,1-2H3,(H,24,30)(H2,25,26,27,29,31). The van der Waals surface area contributed by atoms with Crippen LogP contribution >= 0.6 is 0 Å². The van der Waals surface area contributed by atoms with E-state index in [1.165, 1.54) is 12.1 Å². The fourth-order valence-electron chi connectivity index (χ4n) is 4.27. The van der Waals surface area contributed by atoms with Gasteiger partial charge in [0, 0.05) is 24.7 Å². The van der Waals surface area contributed by atoms with E-state index >= 15 is 0 Å². The molecule has 0 saturated carbocycles. The van der Waals surface area contributed by atoms with Crippen molar-refractivity contribution < 1.29 is 19.1 Å². The molecule has 1 aromatic heterocycles. The first-order valence-corrected chi connectivity index (χ1v) is 11.2. The van der Waals surface area contributed by atoms with Crippen LogP contribution in [0.2, 0.25) is 0 Å². The Bertz CT molecular complexity index is 1130. The van der Waals surface area contributed by atoms with Crippen LogP contribution in [0.1, 0.15) is 61.4 Å². The van der Waals surface area contributed by atoms with E-state index < -0.39 is 23.4 Å². The van der Waals surface area contributed by atoms with E-state index in [2.05, 4.69) is 27.5 Å². The number of esters is 1. The summed E-state index contributed by atoms with van der Waals surface area (Å²) in [7, 11) is 0. The van der Waals surface area contributed by atoms with Gasteiger partial charge in [-0.1, -0.05) is 0 Å².